The summed E-state index contributed by atoms with van der Waals surface area (Å²) in [5.74, 6) is -1.25. The minimum atomic E-state index is -4.67. The molecule has 8 nitrogen and oxygen atoms in total. The molecule has 0 saturated heterocycles. The molecule has 0 radical (unpaired) electrons. The zero-order chi connectivity index (χ0) is 20.8. The number of ether oxygens (including phenoxy) is 1. The van der Waals surface area contributed by atoms with Crippen LogP contribution in [0.4, 0.5) is 0 Å². The molecule has 0 aromatic rings. The summed E-state index contributed by atoms with van der Waals surface area (Å²) < 4.78 is 36.6. The quantitative estimate of drug-likeness (QED) is 0.294. The molecule has 0 fully saturated rings. The molecule has 0 amide bonds. The van der Waals surface area contributed by atoms with E-state index in [1.165, 1.54) is 12.2 Å². The maximum Gasteiger partial charge on any atom is 0.394 e. The molecule has 0 unspecified atom stereocenters. The van der Waals surface area contributed by atoms with Crippen LogP contribution in [0.15, 0.2) is 48.6 Å². The predicted octanol–water partition coefficient (Wildman–Crippen LogP) is 3.01. The highest BCUT2D eigenvalue weighted by Crippen LogP contribution is 2.08. The number of carbonyl (C=O) groups is 2. The van der Waals surface area contributed by atoms with Crippen molar-refractivity contribution in [3.63, 3.8) is 0 Å². The van der Waals surface area contributed by atoms with Crippen LogP contribution in [0.1, 0.15) is 34.6 Å². The molecule has 0 aliphatic carbocycles. The van der Waals surface area contributed by atoms with Crippen LogP contribution in [0.25, 0.3) is 0 Å². The van der Waals surface area contributed by atoms with Gasteiger partial charge in [-0.2, -0.15) is 8.42 Å². The first-order valence-electron chi connectivity index (χ1n) is 6.79. The topological polar surface area (TPSA) is 138 Å². The van der Waals surface area contributed by atoms with E-state index in [2.05, 4.69) is 13.2 Å². The lowest BCUT2D eigenvalue weighted by Gasteiger charge is -2.18. The summed E-state index contributed by atoms with van der Waals surface area (Å²) in [6.07, 6.45) is 5.64. The van der Waals surface area contributed by atoms with Crippen molar-refractivity contribution in [2.75, 3.05) is 0 Å². The molecule has 0 spiro atoms. The Hall–Kier alpha value is -2.23. The van der Waals surface area contributed by atoms with E-state index in [0.29, 0.717) is 5.57 Å². The minimum absolute atomic E-state index is 0.320. The Balaban J connectivity index is -0.000000321. The lowest BCUT2D eigenvalue weighted by molar-refractivity contribution is -0.148. The van der Waals surface area contributed by atoms with Gasteiger partial charge in [0.2, 0.25) is 0 Å². The standard InChI is InChI=1S/C10H16O2.C6H8O2.H2O4S/c1-6-8(2)7-9(11)12-10(3,4)5;1-3-5(2)4-6(7)8;1-5(2,3)4/h6-7H,1H2,2-5H3;3-4H,1H2,2H3,(H,7,8);(H2,1,2,3,4)/b8-7-;5-4-;. The molecule has 25 heavy (non-hydrogen) atoms. The molecule has 0 rings (SSSR count). The Kier molecular flexibility index (Phi) is 14.5. The van der Waals surface area contributed by atoms with Gasteiger partial charge in [-0.15, -0.1) is 0 Å². The number of carbonyl (C=O) groups excluding carboxylic acids is 1. The third kappa shape index (κ3) is 39.0. The highest BCUT2D eigenvalue weighted by Gasteiger charge is 2.13. The number of hydrogen-bond donors (Lipinski definition) is 3. The van der Waals surface area contributed by atoms with Gasteiger partial charge in [0.1, 0.15) is 5.60 Å². The molecule has 0 heterocycles. The van der Waals surface area contributed by atoms with Gasteiger partial charge in [-0.05, 0) is 45.8 Å². The molecule has 0 aliphatic rings. The first kappa shape index (κ1) is 27.6. The fourth-order valence-electron chi connectivity index (χ4n) is 0.830. The van der Waals surface area contributed by atoms with E-state index in [4.69, 9.17) is 27.4 Å². The SMILES string of the molecule is C=C/C(C)=C\C(=O)O.C=C/C(C)=C\C(=O)OC(C)(C)C.O=S(=O)(O)O. The Labute approximate surface area is 148 Å². The molecular weight excluding hydrogens is 352 g/mol. The van der Waals surface area contributed by atoms with Crippen LogP contribution in [0.5, 0.6) is 0 Å². The fraction of sp³-hybridized carbons (Fsp3) is 0.375. The Morgan fingerprint density at radius 2 is 1.28 bits per heavy atom. The minimum Gasteiger partial charge on any atom is -0.478 e. The van der Waals surface area contributed by atoms with Crippen LogP contribution in [0, 0.1) is 0 Å². The Bertz CT molecular complexity index is 611. The third-order valence-corrected chi connectivity index (χ3v) is 1.75. The monoisotopic (exact) mass is 378 g/mol. The second kappa shape index (κ2) is 13.1. The van der Waals surface area contributed by atoms with Crippen molar-refractivity contribution < 1.29 is 37.0 Å². The van der Waals surface area contributed by atoms with Crippen LogP contribution in [0.2, 0.25) is 0 Å². The van der Waals surface area contributed by atoms with Crippen molar-refractivity contribution in [2.24, 2.45) is 0 Å². The van der Waals surface area contributed by atoms with E-state index in [1.54, 1.807) is 19.9 Å². The van der Waals surface area contributed by atoms with Crippen LogP contribution in [0.3, 0.4) is 0 Å². The Morgan fingerprint density at radius 3 is 1.48 bits per heavy atom. The van der Waals surface area contributed by atoms with E-state index in [9.17, 15) is 9.59 Å². The lowest BCUT2D eigenvalue weighted by atomic mass is 10.2. The van der Waals surface area contributed by atoms with Crippen molar-refractivity contribution in [3.05, 3.63) is 48.6 Å². The number of hydrogen-bond acceptors (Lipinski definition) is 5. The summed E-state index contributed by atoms with van der Waals surface area (Å²) in [6, 6.07) is 0. The van der Waals surface area contributed by atoms with Gasteiger partial charge in [-0.1, -0.05) is 25.3 Å². The molecule has 9 heteroatoms. The van der Waals surface area contributed by atoms with Gasteiger partial charge in [0.25, 0.3) is 0 Å². The number of esters is 1. The van der Waals surface area contributed by atoms with Crippen molar-refractivity contribution in [2.45, 2.75) is 40.2 Å². The number of carboxylic acid groups (broad SMARTS) is 1. The fourth-order valence-corrected chi connectivity index (χ4v) is 0.830. The van der Waals surface area contributed by atoms with E-state index >= 15 is 0 Å². The molecule has 3 N–H and O–H groups in total. The molecule has 144 valence electrons. The highest BCUT2D eigenvalue weighted by molar-refractivity contribution is 7.79. The van der Waals surface area contributed by atoms with Gasteiger partial charge in [-0.25, -0.2) is 9.59 Å². The molecule has 0 atom stereocenters. The number of carboxylic acids is 1. The summed E-state index contributed by atoms with van der Waals surface area (Å²) >= 11 is 0. The summed E-state index contributed by atoms with van der Waals surface area (Å²) in [5, 5.41) is 8.09. The highest BCUT2D eigenvalue weighted by atomic mass is 32.3. The van der Waals surface area contributed by atoms with Crippen LogP contribution < -0.4 is 0 Å². The van der Waals surface area contributed by atoms with Crippen molar-refractivity contribution in [3.8, 4) is 0 Å². The summed E-state index contributed by atoms with van der Waals surface area (Å²) in [4.78, 5) is 20.9. The molecule has 0 aliphatic heterocycles. The first-order valence-corrected chi connectivity index (χ1v) is 8.18. The van der Waals surface area contributed by atoms with Crippen molar-refractivity contribution >= 4 is 22.3 Å². The second-order valence-electron chi connectivity index (χ2n) is 5.50. The van der Waals surface area contributed by atoms with Gasteiger partial charge in [0.15, 0.2) is 0 Å². The Morgan fingerprint density at radius 1 is 0.960 bits per heavy atom. The van der Waals surface area contributed by atoms with Crippen molar-refractivity contribution in [1.29, 1.82) is 0 Å². The second-order valence-corrected chi connectivity index (χ2v) is 6.40. The first-order chi connectivity index (χ1) is 11.0. The normalized spacial score (nSPS) is 11.8. The third-order valence-electron chi connectivity index (χ3n) is 1.75. The van der Waals surface area contributed by atoms with E-state index in [-0.39, 0.29) is 5.97 Å². The zero-order valence-corrected chi connectivity index (χ0v) is 15.8. The molecule has 0 bridgehead atoms. The molecular formula is C16H26O8S. The van der Waals surface area contributed by atoms with E-state index in [1.807, 2.05) is 20.8 Å². The number of allylic oxidation sites excluding steroid dienone is 4. The van der Waals surface area contributed by atoms with Crippen LogP contribution in [-0.4, -0.2) is 40.2 Å². The summed E-state index contributed by atoms with van der Waals surface area (Å²) in [6.45, 7) is 15.9. The van der Waals surface area contributed by atoms with Crippen molar-refractivity contribution in [1.82, 2.24) is 0 Å². The average molecular weight is 378 g/mol. The summed E-state index contributed by atoms with van der Waals surface area (Å²) in [7, 11) is -4.67. The molecule has 0 aromatic heterocycles. The van der Waals surface area contributed by atoms with E-state index in [0.717, 1.165) is 11.6 Å². The van der Waals surface area contributed by atoms with Gasteiger partial charge < -0.3 is 9.84 Å². The smallest absolute Gasteiger partial charge is 0.394 e. The van der Waals surface area contributed by atoms with Gasteiger partial charge >= 0.3 is 22.3 Å². The van der Waals surface area contributed by atoms with Crippen LogP contribution in [-0.2, 0) is 24.7 Å². The molecule has 0 saturated carbocycles. The zero-order valence-electron chi connectivity index (χ0n) is 15.0. The van der Waals surface area contributed by atoms with Gasteiger partial charge in [-0.3, -0.25) is 9.11 Å². The lowest BCUT2D eigenvalue weighted by Crippen LogP contribution is -2.22. The van der Waals surface area contributed by atoms with E-state index < -0.39 is 22.0 Å². The van der Waals surface area contributed by atoms with Gasteiger partial charge in [0, 0.05) is 12.2 Å². The maximum atomic E-state index is 11.1. The summed E-state index contributed by atoms with van der Waals surface area (Å²) in [5.41, 5.74) is 1.05. The average Bonchev–Trinajstić information content (AvgIpc) is 2.33. The van der Waals surface area contributed by atoms with Gasteiger partial charge in [0.05, 0.1) is 0 Å². The molecule has 0 aromatic carbocycles. The number of aliphatic carboxylic acids is 1. The predicted molar refractivity (Wildman–Crippen MR) is 95.6 cm³/mol. The largest absolute Gasteiger partial charge is 0.478 e. The maximum absolute atomic E-state index is 11.1. The van der Waals surface area contributed by atoms with Crippen LogP contribution >= 0.6 is 0 Å². The number of rotatable bonds is 4.